The minimum Gasteiger partial charge on any atom is -0.486 e. The first-order chi connectivity index (χ1) is 9.63. The van der Waals surface area contributed by atoms with Crippen molar-refractivity contribution < 1.29 is 9.47 Å². The monoisotopic (exact) mass is 337 g/mol. The number of anilines is 1. The highest BCUT2D eigenvalue weighted by Gasteiger charge is 2.24. The number of nitrogens with zero attached hydrogens (tertiary/aromatic N) is 2. The van der Waals surface area contributed by atoms with Crippen LogP contribution in [0.5, 0.6) is 11.5 Å². The SMILES string of the molecule is CCc1c2c(cc(Br)c1-c1cnn(C)c1N)OCCO2. The predicted molar refractivity (Wildman–Crippen MR) is 81.1 cm³/mol. The maximum Gasteiger partial charge on any atom is 0.165 e. The lowest BCUT2D eigenvalue weighted by atomic mass is 9.98. The van der Waals surface area contributed by atoms with E-state index in [4.69, 9.17) is 15.2 Å². The summed E-state index contributed by atoms with van der Waals surface area (Å²) < 4.78 is 14.1. The predicted octanol–water partition coefficient (Wildman–Crippen LogP) is 2.77. The third-order valence-corrected chi connectivity index (χ3v) is 4.12. The van der Waals surface area contributed by atoms with Crippen LogP contribution in [-0.2, 0) is 13.5 Å². The Morgan fingerprint density at radius 1 is 1.40 bits per heavy atom. The van der Waals surface area contributed by atoms with Crippen molar-refractivity contribution in [1.82, 2.24) is 9.78 Å². The fourth-order valence-corrected chi connectivity index (χ4v) is 3.15. The van der Waals surface area contributed by atoms with E-state index in [1.54, 1.807) is 10.9 Å². The number of hydrogen-bond acceptors (Lipinski definition) is 4. The van der Waals surface area contributed by atoms with Gasteiger partial charge in [0.25, 0.3) is 0 Å². The Morgan fingerprint density at radius 2 is 2.15 bits per heavy atom. The van der Waals surface area contributed by atoms with Gasteiger partial charge in [0.05, 0.1) is 6.20 Å². The highest BCUT2D eigenvalue weighted by molar-refractivity contribution is 9.10. The summed E-state index contributed by atoms with van der Waals surface area (Å²) in [4.78, 5) is 0. The zero-order valence-electron chi connectivity index (χ0n) is 11.4. The smallest absolute Gasteiger partial charge is 0.165 e. The molecule has 0 spiro atoms. The maximum atomic E-state index is 6.11. The van der Waals surface area contributed by atoms with E-state index in [1.807, 2.05) is 13.1 Å². The molecule has 2 aromatic rings. The van der Waals surface area contributed by atoms with E-state index in [0.29, 0.717) is 19.0 Å². The van der Waals surface area contributed by atoms with Gasteiger partial charge < -0.3 is 15.2 Å². The Hall–Kier alpha value is -1.69. The van der Waals surface area contributed by atoms with E-state index in [2.05, 4.69) is 28.0 Å². The normalized spacial score (nSPS) is 13.6. The van der Waals surface area contributed by atoms with Gasteiger partial charge >= 0.3 is 0 Å². The molecule has 0 aliphatic carbocycles. The van der Waals surface area contributed by atoms with Gasteiger partial charge in [0, 0.05) is 28.2 Å². The molecular formula is C14H16BrN3O2. The standard InChI is InChI=1S/C14H16BrN3O2/c1-3-8-12(9-7-17-18(2)14(9)16)10(15)6-11-13(8)20-5-4-19-11/h6-7H,3-5,16H2,1-2H3. The lowest BCUT2D eigenvalue weighted by Gasteiger charge is -2.23. The quantitative estimate of drug-likeness (QED) is 0.915. The minimum absolute atomic E-state index is 0.573. The summed E-state index contributed by atoms with van der Waals surface area (Å²) in [5.41, 5.74) is 9.14. The Kier molecular flexibility index (Phi) is 3.33. The van der Waals surface area contributed by atoms with Crippen molar-refractivity contribution in [2.75, 3.05) is 18.9 Å². The molecule has 0 radical (unpaired) electrons. The van der Waals surface area contributed by atoms with Crippen LogP contribution in [0.1, 0.15) is 12.5 Å². The average Bonchev–Trinajstić information content (AvgIpc) is 2.77. The fourth-order valence-electron chi connectivity index (χ4n) is 2.49. The molecule has 1 aliphatic heterocycles. The molecule has 0 bridgehead atoms. The number of hydrogen-bond donors (Lipinski definition) is 1. The van der Waals surface area contributed by atoms with E-state index in [-0.39, 0.29) is 0 Å². The van der Waals surface area contributed by atoms with Crippen molar-refractivity contribution in [3.8, 4) is 22.6 Å². The number of fused-ring (bicyclic) bond motifs is 1. The number of nitrogens with two attached hydrogens (primary N) is 1. The Morgan fingerprint density at radius 3 is 2.80 bits per heavy atom. The van der Waals surface area contributed by atoms with E-state index in [1.165, 1.54) is 0 Å². The van der Waals surface area contributed by atoms with E-state index in [9.17, 15) is 0 Å². The van der Waals surface area contributed by atoms with Crippen molar-refractivity contribution in [2.45, 2.75) is 13.3 Å². The zero-order chi connectivity index (χ0) is 14.3. The van der Waals surface area contributed by atoms with Crippen LogP contribution in [0.2, 0.25) is 0 Å². The second-order valence-electron chi connectivity index (χ2n) is 4.66. The molecule has 0 amide bonds. The summed E-state index contributed by atoms with van der Waals surface area (Å²) in [7, 11) is 1.83. The van der Waals surface area contributed by atoms with Crippen LogP contribution in [0.4, 0.5) is 5.82 Å². The maximum absolute atomic E-state index is 6.11. The van der Waals surface area contributed by atoms with Gasteiger partial charge in [0.1, 0.15) is 19.0 Å². The summed E-state index contributed by atoms with van der Waals surface area (Å²) in [6.45, 7) is 3.25. The summed E-state index contributed by atoms with van der Waals surface area (Å²) in [5, 5.41) is 4.22. The first-order valence-electron chi connectivity index (χ1n) is 6.52. The molecule has 3 rings (SSSR count). The van der Waals surface area contributed by atoms with Crippen molar-refractivity contribution in [1.29, 1.82) is 0 Å². The highest BCUT2D eigenvalue weighted by Crippen LogP contribution is 2.45. The van der Waals surface area contributed by atoms with Gasteiger partial charge in [-0.25, -0.2) is 0 Å². The zero-order valence-corrected chi connectivity index (χ0v) is 13.0. The summed E-state index contributed by atoms with van der Waals surface area (Å²) in [5.74, 6) is 2.24. The lowest BCUT2D eigenvalue weighted by Crippen LogP contribution is -2.17. The van der Waals surface area contributed by atoms with Crippen LogP contribution < -0.4 is 15.2 Å². The first kappa shape index (κ1) is 13.3. The number of rotatable bonds is 2. The summed E-state index contributed by atoms with van der Waals surface area (Å²) in [6, 6.07) is 1.94. The molecule has 0 unspecified atom stereocenters. The molecule has 2 heterocycles. The van der Waals surface area contributed by atoms with E-state index >= 15 is 0 Å². The molecule has 1 aromatic carbocycles. The molecule has 20 heavy (non-hydrogen) atoms. The van der Waals surface area contributed by atoms with Crippen molar-refractivity contribution in [3.63, 3.8) is 0 Å². The fraction of sp³-hybridized carbons (Fsp3) is 0.357. The summed E-state index contributed by atoms with van der Waals surface area (Å²) >= 11 is 3.62. The first-order valence-corrected chi connectivity index (χ1v) is 7.31. The van der Waals surface area contributed by atoms with Crippen molar-refractivity contribution in [2.24, 2.45) is 7.05 Å². The van der Waals surface area contributed by atoms with Gasteiger partial charge in [-0.15, -0.1) is 0 Å². The third-order valence-electron chi connectivity index (χ3n) is 3.49. The number of aromatic nitrogens is 2. The number of benzene rings is 1. The molecule has 1 aromatic heterocycles. The van der Waals surface area contributed by atoms with Crippen LogP contribution in [0, 0.1) is 0 Å². The third kappa shape index (κ3) is 1.95. The van der Waals surface area contributed by atoms with Crippen LogP contribution >= 0.6 is 15.9 Å². The summed E-state index contributed by atoms with van der Waals surface area (Å²) in [6.07, 6.45) is 2.61. The van der Waals surface area contributed by atoms with Crippen LogP contribution in [0.25, 0.3) is 11.1 Å². The second kappa shape index (κ2) is 5.01. The lowest BCUT2D eigenvalue weighted by molar-refractivity contribution is 0.170. The molecule has 6 heteroatoms. The minimum atomic E-state index is 0.573. The number of aryl methyl sites for hydroxylation is 1. The molecule has 5 nitrogen and oxygen atoms in total. The molecule has 0 atom stereocenters. The molecule has 2 N–H and O–H groups in total. The van der Waals surface area contributed by atoms with Crippen LogP contribution in [0.15, 0.2) is 16.7 Å². The molecule has 1 aliphatic rings. The topological polar surface area (TPSA) is 62.3 Å². The second-order valence-corrected chi connectivity index (χ2v) is 5.51. The number of halogens is 1. The van der Waals surface area contributed by atoms with Crippen molar-refractivity contribution in [3.05, 3.63) is 22.3 Å². The van der Waals surface area contributed by atoms with Gasteiger partial charge in [-0.3, -0.25) is 4.68 Å². The Bertz CT molecular complexity index is 667. The largest absolute Gasteiger partial charge is 0.486 e. The number of nitrogen functional groups attached to an aromatic ring is 1. The molecule has 0 saturated heterocycles. The molecule has 106 valence electrons. The molecule has 0 fully saturated rings. The Balaban J connectivity index is 2.27. The Labute approximate surface area is 125 Å². The number of ether oxygens (including phenoxy) is 2. The van der Waals surface area contributed by atoms with Gasteiger partial charge in [-0.05, 0) is 28.4 Å². The van der Waals surface area contributed by atoms with Gasteiger partial charge in [0.2, 0.25) is 0 Å². The van der Waals surface area contributed by atoms with Crippen LogP contribution in [0.3, 0.4) is 0 Å². The molecule has 0 saturated carbocycles. The van der Waals surface area contributed by atoms with Gasteiger partial charge in [-0.2, -0.15) is 5.10 Å². The van der Waals surface area contributed by atoms with E-state index < -0.39 is 0 Å². The van der Waals surface area contributed by atoms with E-state index in [0.717, 1.165) is 39.1 Å². The van der Waals surface area contributed by atoms with Gasteiger partial charge in [0.15, 0.2) is 11.5 Å². The van der Waals surface area contributed by atoms with Gasteiger partial charge in [-0.1, -0.05) is 6.92 Å². The van der Waals surface area contributed by atoms with Crippen molar-refractivity contribution >= 4 is 21.7 Å². The molecular weight excluding hydrogens is 322 g/mol. The highest BCUT2D eigenvalue weighted by atomic mass is 79.9. The van der Waals surface area contributed by atoms with Crippen LogP contribution in [-0.4, -0.2) is 23.0 Å². The average molecular weight is 338 g/mol.